The summed E-state index contributed by atoms with van der Waals surface area (Å²) in [6.45, 7) is 5.54. The zero-order chi connectivity index (χ0) is 26.9. The second-order valence-corrected chi connectivity index (χ2v) is 10.3. The van der Waals surface area contributed by atoms with Crippen LogP contribution in [-0.4, -0.2) is 58.8 Å². The highest BCUT2D eigenvalue weighted by Crippen LogP contribution is 2.18. The molecular formula is C29H53NO6. The quantitative estimate of drug-likeness (QED) is 0.0829. The molecule has 0 saturated carbocycles. The van der Waals surface area contributed by atoms with E-state index in [4.69, 9.17) is 10.2 Å². The first kappa shape index (κ1) is 34.1. The fourth-order valence-corrected chi connectivity index (χ4v) is 4.76. The van der Waals surface area contributed by atoms with Gasteiger partial charge < -0.3 is 24.6 Å². The van der Waals surface area contributed by atoms with Crippen LogP contribution in [0.25, 0.3) is 0 Å². The fourth-order valence-electron chi connectivity index (χ4n) is 4.76. The Hall–Kier alpha value is -1.89. The largest absolute Gasteiger partial charge is 0.550 e. The molecule has 0 aromatic rings. The molecular weight excluding hydrogens is 458 g/mol. The Labute approximate surface area is 219 Å². The van der Waals surface area contributed by atoms with Gasteiger partial charge in [-0.25, -0.2) is 0 Å². The zero-order valence-corrected chi connectivity index (χ0v) is 22.9. The van der Waals surface area contributed by atoms with Crippen molar-refractivity contribution in [3.8, 4) is 0 Å². The second kappa shape index (κ2) is 23.5. The number of hydrogen-bond acceptors (Lipinski definition) is 4. The third-order valence-corrected chi connectivity index (χ3v) is 6.94. The number of carbonyl (C=O) groups excluding carboxylic acids is 1. The van der Waals surface area contributed by atoms with Crippen LogP contribution in [0.4, 0.5) is 0 Å². The van der Waals surface area contributed by atoms with Crippen molar-refractivity contribution in [2.75, 3.05) is 26.2 Å². The molecule has 0 spiro atoms. The molecule has 36 heavy (non-hydrogen) atoms. The van der Waals surface area contributed by atoms with Gasteiger partial charge in [0.2, 0.25) is 0 Å². The lowest BCUT2D eigenvalue weighted by Crippen LogP contribution is -2.50. The van der Waals surface area contributed by atoms with Crippen LogP contribution in [0, 0.1) is 0 Å². The fraction of sp³-hybridized carbons (Fsp3) is 0.828. The van der Waals surface area contributed by atoms with Gasteiger partial charge in [-0.1, -0.05) is 64.4 Å². The van der Waals surface area contributed by atoms with Crippen LogP contribution in [0.3, 0.4) is 0 Å². The normalized spacial score (nSPS) is 11.8. The van der Waals surface area contributed by atoms with E-state index in [9.17, 15) is 19.5 Å². The molecule has 0 fully saturated rings. The molecule has 0 aliphatic carbocycles. The van der Waals surface area contributed by atoms with Gasteiger partial charge in [0.1, 0.15) is 0 Å². The number of carbonyl (C=O) groups is 3. The van der Waals surface area contributed by atoms with Crippen LogP contribution >= 0.6 is 0 Å². The van der Waals surface area contributed by atoms with Gasteiger partial charge in [-0.05, 0) is 63.9 Å². The Bertz CT molecular complexity index is 550. The molecule has 0 rings (SSSR count). The molecule has 7 nitrogen and oxygen atoms in total. The van der Waals surface area contributed by atoms with Gasteiger partial charge >= 0.3 is 11.9 Å². The Balaban J connectivity index is 4.75. The monoisotopic (exact) mass is 511 g/mol. The molecule has 0 radical (unpaired) electrons. The maximum atomic E-state index is 10.9. The summed E-state index contributed by atoms with van der Waals surface area (Å²) in [7, 11) is 0. The van der Waals surface area contributed by atoms with Gasteiger partial charge in [0.25, 0.3) is 0 Å². The number of allylic oxidation sites excluding steroid dienone is 1. The molecule has 0 atom stereocenters. The van der Waals surface area contributed by atoms with E-state index in [1.165, 1.54) is 57.8 Å². The molecule has 2 N–H and O–H groups in total. The van der Waals surface area contributed by atoms with E-state index < -0.39 is 17.9 Å². The number of rotatable bonds is 27. The lowest BCUT2D eigenvalue weighted by Gasteiger charge is -2.38. The standard InChI is InChI=1S/C29H53NO6/c1-2-3-4-5-6-7-8-9-10-11-12-16-23-30(24-17-13-20-27(31)32,25-18-14-21-28(33)34)26-19-15-22-29(35)36/h12,16H,2-11,13-15,17-26H2,1H3,(H2-,31,32,33,34,35,36)/b16-12+. The molecule has 210 valence electrons. The van der Waals surface area contributed by atoms with E-state index in [2.05, 4.69) is 19.1 Å². The van der Waals surface area contributed by atoms with Crippen LogP contribution in [0.15, 0.2) is 12.2 Å². The van der Waals surface area contributed by atoms with Gasteiger partial charge in [-0.15, -0.1) is 0 Å². The van der Waals surface area contributed by atoms with Crippen LogP contribution in [0.5, 0.6) is 0 Å². The molecule has 0 amide bonds. The number of hydrogen-bond donors (Lipinski definition) is 2. The maximum absolute atomic E-state index is 10.9. The van der Waals surface area contributed by atoms with Crippen LogP contribution < -0.4 is 5.11 Å². The molecule has 7 heteroatoms. The summed E-state index contributed by atoms with van der Waals surface area (Å²) in [4.78, 5) is 32.7. The van der Waals surface area contributed by atoms with Crippen molar-refractivity contribution in [3.05, 3.63) is 12.2 Å². The van der Waals surface area contributed by atoms with Crippen molar-refractivity contribution in [2.24, 2.45) is 0 Å². The van der Waals surface area contributed by atoms with Gasteiger partial charge in [0.05, 0.1) is 26.2 Å². The SMILES string of the molecule is CCCCCCCCCCC/C=C/C[N+](CCCCC(=O)[O-])(CCCCC(=O)O)CCCCC(=O)O. The van der Waals surface area contributed by atoms with E-state index in [0.29, 0.717) is 19.3 Å². The maximum Gasteiger partial charge on any atom is 0.303 e. The Kier molecular flexibility index (Phi) is 22.3. The van der Waals surface area contributed by atoms with Crippen LogP contribution in [0.2, 0.25) is 0 Å². The minimum absolute atomic E-state index is 0.0481. The summed E-state index contributed by atoms with van der Waals surface area (Å²) in [5.41, 5.74) is 0. The lowest BCUT2D eigenvalue weighted by molar-refractivity contribution is -0.923. The van der Waals surface area contributed by atoms with Crippen molar-refractivity contribution in [3.63, 3.8) is 0 Å². The van der Waals surface area contributed by atoms with Gasteiger partial charge in [-0.2, -0.15) is 0 Å². The minimum atomic E-state index is -1.03. The third-order valence-electron chi connectivity index (χ3n) is 6.94. The van der Waals surface area contributed by atoms with Crippen molar-refractivity contribution < 1.29 is 34.2 Å². The highest BCUT2D eigenvalue weighted by molar-refractivity contribution is 5.66. The first-order valence-corrected chi connectivity index (χ1v) is 14.4. The van der Waals surface area contributed by atoms with Crippen LogP contribution in [-0.2, 0) is 14.4 Å². The first-order chi connectivity index (χ1) is 17.3. The molecule has 0 aliphatic rings. The number of carboxylic acid groups (broad SMARTS) is 3. The van der Waals surface area contributed by atoms with Gasteiger partial charge in [0.15, 0.2) is 0 Å². The summed E-state index contributed by atoms with van der Waals surface area (Å²) in [5.74, 6) is -2.61. The number of nitrogens with zero attached hydrogens (tertiary/aromatic N) is 1. The molecule has 0 aliphatic heterocycles. The number of unbranched alkanes of at least 4 members (excludes halogenated alkanes) is 12. The summed E-state index contributed by atoms with van der Waals surface area (Å²) in [6.07, 6.45) is 21.8. The summed E-state index contributed by atoms with van der Waals surface area (Å²) < 4.78 is 0.764. The van der Waals surface area contributed by atoms with E-state index >= 15 is 0 Å². The van der Waals surface area contributed by atoms with E-state index in [1.807, 2.05) is 0 Å². The topological polar surface area (TPSA) is 115 Å². The highest BCUT2D eigenvalue weighted by atomic mass is 16.4. The van der Waals surface area contributed by atoms with Gasteiger partial charge in [-0.3, -0.25) is 9.59 Å². The number of quaternary nitrogens is 1. The number of carboxylic acids is 3. The van der Waals surface area contributed by atoms with E-state index in [-0.39, 0.29) is 19.3 Å². The predicted octanol–water partition coefficient (Wildman–Crippen LogP) is 5.71. The highest BCUT2D eigenvalue weighted by Gasteiger charge is 2.25. The van der Waals surface area contributed by atoms with Crippen molar-refractivity contribution in [2.45, 2.75) is 129 Å². The second-order valence-electron chi connectivity index (χ2n) is 10.3. The molecule has 0 saturated heterocycles. The van der Waals surface area contributed by atoms with Crippen LogP contribution in [0.1, 0.15) is 129 Å². The van der Waals surface area contributed by atoms with Crippen molar-refractivity contribution in [1.82, 2.24) is 0 Å². The average Bonchev–Trinajstić information content (AvgIpc) is 2.82. The molecule has 0 aromatic carbocycles. The third kappa shape index (κ3) is 22.6. The van der Waals surface area contributed by atoms with Gasteiger partial charge in [0, 0.05) is 18.8 Å². The summed E-state index contributed by atoms with van der Waals surface area (Å²) in [5, 5.41) is 28.8. The molecule has 0 bridgehead atoms. The Morgan fingerprint density at radius 1 is 0.611 bits per heavy atom. The lowest BCUT2D eigenvalue weighted by atomic mass is 10.1. The van der Waals surface area contributed by atoms with Crippen molar-refractivity contribution >= 4 is 17.9 Å². The summed E-state index contributed by atoms with van der Waals surface area (Å²) >= 11 is 0. The molecule has 0 heterocycles. The predicted molar refractivity (Wildman–Crippen MR) is 143 cm³/mol. The molecule has 0 aromatic heterocycles. The summed E-state index contributed by atoms with van der Waals surface area (Å²) in [6, 6.07) is 0. The minimum Gasteiger partial charge on any atom is -0.550 e. The van der Waals surface area contributed by atoms with E-state index in [1.54, 1.807) is 0 Å². The Morgan fingerprint density at radius 3 is 1.50 bits per heavy atom. The first-order valence-electron chi connectivity index (χ1n) is 14.4. The zero-order valence-electron chi connectivity index (χ0n) is 22.9. The van der Waals surface area contributed by atoms with Crippen molar-refractivity contribution in [1.29, 1.82) is 0 Å². The van der Waals surface area contributed by atoms with E-state index in [0.717, 1.165) is 56.3 Å². The molecule has 0 unspecified atom stereocenters. The smallest absolute Gasteiger partial charge is 0.303 e. The Morgan fingerprint density at radius 2 is 1.06 bits per heavy atom. The average molecular weight is 512 g/mol. The number of aliphatic carboxylic acids is 3.